The van der Waals surface area contributed by atoms with E-state index in [2.05, 4.69) is 15.0 Å². The van der Waals surface area contributed by atoms with Crippen LogP contribution in [0.25, 0.3) is 0 Å². The standard InChI is InChI=1S/C13H17N5O3/c1-8-5-14-10(16-8)7-17(2)11(19)4-9-6-15-13(21)18(3)12(9)20/h5-6H,4,7H2,1-3H3,(H,14,16)(H,15,21). The quantitative estimate of drug-likeness (QED) is 0.777. The molecule has 8 heteroatoms. The van der Waals surface area contributed by atoms with Crippen LogP contribution in [-0.2, 0) is 24.8 Å². The van der Waals surface area contributed by atoms with E-state index in [0.29, 0.717) is 12.4 Å². The molecule has 0 aliphatic carbocycles. The van der Waals surface area contributed by atoms with Crippen LogP contribution in [0, 0.1) is 6.92 Å². The third kappa shape index (κ3) is 3.28. The van der Waals surface area contributed by atoms with Crippen LogP contribution in [0.4, 0.5) is 0 Å². The summed E-state index contributed by atoms with van der Waals surface area (Å²) in [7, 11) is 3.00. The summed E-state index contributed by atoms with van der Waals surface area (Å²) in [5.74, 6) is 0.450. The maximum Gasteiger partial charge on any atom is 0.328 e. The first-order chi connectivity index (χ1) is 9.88. The fourth-order valence-corrected chi connectivity index (χ4v) is 1.90. The Morgan fingerprint density at radius 2 is 2.14 bits per heavy atom. The van der Waals surface area contributed by atoms with Crippen LogP contribution in [0.3, 0.4) is 0 Å². The lowest BCUT2D eigenvalue weighted by Crippen LogP contribution is -2.37. The van der Waals surface area contributed by atoms with Crippen molar-refractivity contribution >= 4 is 5.91 Å². The molecule has 2 rings (SSSR count). The molecule has 1 amide bonds. The molecule has 2 aromatic rings. The molecule has 0 aliphatic rings. The van der Waals surface area contributed by atoms with Gasteiger partial charge in [0.15, 0.2) is 0 Å². The van der Waals surface area contributed by atoms with E-state index in [0.717, 1.165) is 10.3 Å². The zero-order valence-corrected chi connectivity index (χ0v) is 12.1. The fourth-order valence-electron chi connectivity index (χ4n) is 1.90. The molecule has 0 spiro atoms. The Morgan fingerprint density at radius 1 is 1.43 bits per heavy atom. The van der Waals surface area contributed by atoms with Crippen molar-refractivity contribution in [1.82, 2.24) is 24.4 Å². The predicted molar refractivity (Wildman–Crippen MR) is 75.8 cm³/mol. The van der Waals surface area contributed by atoms with E-state index in [1.165, 1.54) is 18.1 Å². The molecule has 0 bridgehead atoms. The van der Waals surface area contributed by atoms with Crippen LogP contribution in [0.2, 0.25) is 0 Å². The Morgan fingerprint density at radius 3 is 2.76 bits per heavy atom. The van der Waals surface area contributed by atoms with Crippen LogP contribution in [0.5, 0.6) is 0 Å². The topological polar surface area (TPSA) is 104 Å². The number of likely N-dealkylation sites (N-methyl/N-ethyl adjacent to an activating group) is 1. The average Bonchev–Trinajstić information content (AvgIpc) is 2.84. The van der Waals surface area contributed by atoms with Gasteiger partial charge in [0.2, 0.25) is 5.91 Å². The third-order valence-corrected chi connectivity index (χ3v) is 3.16. The van der Waals surface area contributed by atoms with Gasteiger partial charge in [0, 0.05) is 37.7 Å². The van der Waals surface area contributed by atoms with Crippen molar-refractivity contribution in [2.24, 2.45) is 7.05 Å². The van der Waals surface area contributed by atoms with E-state index in [-0.39, 0.29) is 17.9 Å². The summed E-state index contributed by atoms with van der Waals surface area (Å²) in [5, 5.41) is 0. The molecule has 2 N–H and O–H groups in total. The minimum absolute atomic E-state index is 0.0698. The normalized spacial score (nSPS) is 10.6. The van der Waals surface area contributed by atoms with Gasteiger partial charge in [0.05, 0.1) is 13.0 Å². The summed E-state index contributed by atoms with van der Waals surface area (Å²) in [6.07, 6.45) is 2.90. The molecule has 0 aromatic carbocycles. The zero-order valence-electron chi connectivity index (χ0n) is 12.1. The third-order valence-electron chi connectivity index (χ3n) is 3.16. The highest BCUT2D eigenvalue weighted by Crippen LogP contribution is 2.01. The minimum Gasteiger partial charge on any atom is -0.345 e. The van der Waals surface area contributed by atoms with Crippen molar-refractivity contribution in [2.45, 2.75) is 19.9 Å². The maximum absolute atomic E-state index is 12.1. The van der Waals surface area contributed by atoms with Crippen molar-refractivity contribution in [3.8, 4) is 0 Å². The van der Waals surface area contributed by atoms with Gasteiger partial charge in [-0.3, -0.25) is 14.2 Å². The van der Waals surface area contributed by atoms with Gasteiger partial charge in [-0.15, -0.1) is 0 Å². The summed E-state index contributed by atoms with van der Waals surface area (Å²) >= 11 is 0. The molecule has 0 saturated heterocycles. The lowest BCUT2D eigenvalue weighted by Gasteiger charge is -2.15. The number of amides is 1. The Bertz CT molecular complexity index is 771. The number of aromatic amines is 2. The first-order valence-electron chi connectivity index (χ1n) is 6.40. The van der Waals surface area contributed by atoms with Crippen LogP contribution in [0.15, 0.2) is 22.0 Å². The molecule has 0 fully saturated rings. The molecule has 112 valence electrons. The Kier molecular flexibility index (Phi) is 4.06. The number of carbonyl (C=O) groups excluding carboxylic acids is 1. The molecule has 8 nitrogen and oxygen atoms in total. The van der Waals surface area contributed by atoms with E-state index < -0.39 is 11.2 Å². The average molecular weight is 291 g/mol. The van der Waals surface area contributed by atoms with Crippen molar-refractivity contribution < 1.29 is 4.79 Å². The zero-order chi connectivity index (χ0) is 15.6. The molecule has 0 unspecified atom stereocenters. The molecule has 21 heavy (non-hydrogen) atoms. The number of aryl methyl sites for hydroxylation is 1. The second kappa shape index (κ2) is 5.78. The second-order valence-electron chi connectivity index (χ2n) is 4.92. The number of nitrogens with one attached hydrogen (secondary N) is 2. The van der Waals surface area contributed by atoms with Gasteiger partial charge in [0.25, 0.3) is 5.56 Å². The summed E-state index contributed by atoms with van der Waals surface area (Å²) in [6, 6.07) is 0. The van der Waals surface area contributed by atoms with Crippen molar-refractivity contribution in [3.05, 3.63) is 50.3 Å². The van der Waals surface area contributed by atoms with Gasteiger partial charge in [0.1, 0.15) is 5.82 Å². The van der Waals surface area contributed by atoms with Gasteiger partial charge in [-0.25, -0.2) is 9.78 Å². The van der Waals surface area contributed by atoms with Gasteiger partial charge >= 0.3 is 5.69 Å². The lowest BCUT2D eigenvalue weighted by atomic mass is 10.2. The highest BCUT2D eigenvalue weighted by atomic mass is 16.2. The van der Waals surface area contributed by atoms with Crippen LogP contribution in [-0.4, -0.2) is 37.4 Å². The number of hydrogen-bond acceptors (Lipinski definition) is 4. The van der Waals surface area contributed by atoms with Gasteiger partial charge in [-0.1, -0.05) is 0 Å². The molecule has 2 aromatic heterocycles. The second-order valence-corrected chi connectivity index (χ2v) is 4.92. The molecule has 0 atom stereocenters. The van der Waals surface area contributed by atoms with Crippen molar-refractivity contribution in [1.29, 1.82) is 0 Å². The SMILES string of the molecule is Cc1cnc(CN(C)C(=O)Cc2c[nH]c(=O)n(C)c2=O)[nH]1. The van der Waals surface area contributed by atoms with Gasteiger partial charge < -0.3 is 14.9 Å². The predicted octanol–water partition coefficient (Wildman–Crippen LogP) is -0.694. The van der Waals surface area contributed by atoms with Crippen LogP contribution in [0.1, 0.15) is 17.1 Å². The number of H-pyrrole nitrogens is 2. The summed E-state index contributed by atoms with van der Waals surface area (Å²) in [6.45, 7) is 2.21. The number of rotatable bonds is 4. The first-order valence-corrected chi connectivity index (χ1v) is 6.40. The van der Waals surface area contributed by atoms with Crippen molar-refractivity contribution in [2.75, 3.05) is 7.05 Å². The largest absolute Gasteiger partial charge is 0.345 e. The highest BCUT2D eigenvalue weighted by molar-refractivity contribution is 5.78. The number of aromatic nitrogens is 4. The Hall–Kier alpha value is -2.64. The van der Waals surface area contributed by atoms with Gasteiger partial charge in [-0.05, 0) is 6.92 Å². The Balaban J connectivity index is 2.09. The minimum atomic E-state index is -0.504. The van der Waals surface area contributed by atoms with E-state index in [1.807, 2.05) is 6.92 Å². The molecular formula is C13H17N5O3. The highest BCUT2D eigenvalue weighted by Gasteiger charge is 2.14. The van der Waals surface area contributed by atoms with Crippen molar-refractivity contribution in [3.63, 3.8) is 0 Å². The summed E-state index contributed by atoms with van der Waals surface area (Å²) < 4.78 is 0.943. The number of nitrogens with zero attached hydrogens (tertiary/aromatic N) is 3. The summed E-state index contributed by atoms with van der Waals surface area (Å²) in [4.78, 5) is 46.3. The molecular weight excluding hydrogens is 274 g/mol. The number of carbonyl (C=O) groups is 1. The van der Waals surface area contributed by atoms with E-state index in [4.69, 9.17) is 0 Å². The van der Waals surface area contributed by atoms with E-state index >= 15 is 0 Å². The summed E-state index contributed by atoms with van der Waals surface area (Å²) in [5.41, 5.74) is 0.204. The van der Waals surface area contributed by atoms with Crippen LogP contribution >= 0.6 is 0 Å². The fraction of sp³-hybridized carbons (Fsp3) is 0.385. The first kappa shape index (κ1) is 14.8. The molecule has 0 saturated carbocycles. The monoisotopic (exact) mass is 291 g/mol. The maximum atomic E-state index is 12.1. The molecule has 2 heterocycles. The smallest absolute Gasteiger partial charge is 0.328 e. The van der Waals surface area contributed by atoms with Gasteiger partial charge in [-0.2, -0.15) is 0 Å². The number of hydrogen-bond donors (Lipinski definition) is 2. The molecule has 0 radical (unpaired) electrons. The van der Waals surface area contributed by atoms with E-state index in [9.17, 15) is 14.4 Å². The molecule has 0 aliphatic heterocycles. The van der Waals surface area contributed by atoms with E-state index in [1.54, 1.807) is 13.2 Å². The number of imidazole rings is 1. The Labute approximate surface area is 120 Å². The van der Waals surface area contributed by atoms with Crippen LogP contribution < -0.4 is 11.2 Å². The lowest BCUT2D eigenvalue weighted by molar-refractivity contribution is -0.129.